The Kier molecular flexibility index (Phi) is 6.02. The van der Waals surface area contributed by atoms with Crippen molar-refractivity contribution < 1.29 is 9.59 Å². The number of thiophene rings is 1. The number of amides is 2. The maximum atomic E-state index is 12.9. The van der Waals surface area contributed by atoms with E-state index in [1.165, 1.54) is 22.7 Å². The van der Waals surface area contributed by atoms with Crippen molar-refractivity contribution in [2.75, 3.05) is 0 Å². The first kappa shape index (κ1) is 23.0. The summed E-state index contributed by atoms with van der Waals surface area (Å²) in [7, 11) is 0. The Morgan fingerprint density at radius 3 is 2.09 bits per heavy atom. The van der Waals surface area contributed by atoms with E-state index in [0.717, 1.165) is 37.9 Å². The molecule has 0 atom stereocenters. The topological polar surface area (TPSA) is 96.9 Å². The number of fused-ring (bicyclic) bond motifs is 1. The van der Waals surface area contributed by atoms with Crippen molar-refractivity contribution >= 4 is 44.7 Å². The highest BCUT2D eigenvalue weighted by molar-refractivity contribution is 7.20. The minimum atomic E-state index is -0.398. The minimum Gasteiger partial charge on any atom is -0.266 e. The molecule has 170 valence electrons. The summed E-state index contributed by atoms with van der Waals surface area (Å²) < 4.78 is 0. The molecule has 0 aliphatic rings. The highest BCUT2D eigenvalue weighted by Crippen LogP contribution is 2.33. The molecule has 0 spiro atoms. The second kappa shape index (κ2) is 8.64. The quantitative estimate of drug-likeness (QED) is 0.398. The first-order valence-corrected chi connectivity index (χ1v) is 12.1. The molecule has 3 heterocycles. The number of aryl methyl sites for hydroxylation is 3. The number of nitrogens with one attached hydrogen (secondary N) is 2. The van der Waals surface area contributed by atoms with Gasteiger partial charge < -0.3 is 0 Å². The zero-order valence-electron chi connectivity index (χ0n) is 19.4. The van der Waals surface area contributed by atoms with E-state index < -0.39 is 5.91 Å². The van der Waals surface area contributed by atoms with E-state index in [4.69, 9.17) is 4.98 Å². The third-order valence-corrected chi connectivity index (χ3v) is 7.55. The van der Waals surface area contributed by atoms with Crippen molar-refractivity contribution in [2.24, 2.45) is 0 Å². The predicted octanol–water partition coefficient (Wildman–Crippen LogP) is 5.11. The summed E-state index contributed by atoms with van der Waals surface area (Å²) in [6.45, 7) is 11.8. The second-order valence-electron chi connectivity index (χ2n) is 8.83. The minimum absolute atomic E-state index is 0.196. The number of rotatable bonds is 3. The number of hydrazine groups is 1. The van der Waals surface area contributed by atoms with E-state index in [9.17, 15) is 9.59 Å². The van der Waals surface area contributed by atoms with Gasteiger partial charge in [-0.25, -0.2) is 15.0 Å². The molecule has 7 nitrogen and oxygen atoms in total. The lowest BCUT2D eigenvalue weighted by Crippen LogP contribution is -2.41. The lowest BCUT2D eigenvalue weighted by atomic mass is 9.95. The molecule has 0 radical (unpaired) electrons. The van der Waals surface area contributed by atoms with Crippen molar-refractivity contribution in [3.05, 3.63) is 62.9 Å². The Hall–Kier alpha value is -3.17. The predicted molar refractivity (Wildman–Crippen MR) is 133 cm³/mol. The van der Waals surface area contributed by atoms with E-state index in [-0.39, 0.29) is 11.3 Å². The van der Waals surface area contributed by atoms with Gasteiger partial charge in [-0.2, -0.15) is 0 Å². The summed E-state index contributed by atoms with van der Waals surface area (Å²) in [5, 5.41) is 1.64. The Morgan fingerprint density at radius 1 is 0.818 bits per heavy atom. The van der Waals surface area contributed by atoms with Gasteiger partial charge >= 0.3 is 0 Å². The van der Waals surface area contributed by atoms with E-state index in [1.54, 1.807) is 6.92 Å². The summed E-state index contributed by atoms with van der Waals surface area (Å²) in [5.41, 5.74) is 8.08. The van der Waals surface area contributed by atoms with Crippen molar-refractivity contribution in [1.82, 2.24) is 25.8 Å². The van der Waals surface area contributed by atoms with Gasteiger partial charge in [-0.05, 0) is 26.3 Å². The molecule has 4 rings (SSSR count). The zero-order chi connectivity index (χ0) is 23.9. The van der Waals surface area contributed by atoms with E-state index in [0.29, 0.717) is 15.4 Å². The summed E-state index contributed by atoms with van der Waals surface area (Å²) in [6.07, 6.45) is 0. The monoisotopic (exact) mass is 479 g/mol. The number of carbonyl (C=O) groups is 2. The van der Waals surface area contributed by atoms with Crippen molar-refractivity contribution in [3.8, 4) is 10.6 Å². The number of carbonyl (C=O) groups excluding carboxylic acids is 2. The number of benzene rings is 1. The molecule has 0 fully saturated rings. The smallest absolute Gasteiger partial charge is 0.266 e. The average molecular weight is 480 g/mol. The molecular weight excluding hydrogens is 454 g/mol. The lowest BCUT2D eigenvalue weighted by molar-refractivity contribution is 0.0850. The maximum absolute atomic E-state index is 12.9. The van der Waals surface area contributed by atoms with E-state index >= 15 is 0 Å². The fourth-order valence-corrected chi connectivity index (χ4v) is 5.52. The Labute approximate surface area is 200 Å². The molecule has 0 saturated carbocycles. The van der Waals surface area contributed by atoms with Crippen LogP contribution in [-0.4, -0.2) is 26.8 Å². The summed E-state index contributed by atoms with van der Waals surface area (Å²) in [5.74, 6) is -0.0415. The molecular formula is C24H25N5O2S2. The van der Waals surface area contributed by atoms with Gasteiger partial charge in [0.05, 0.1) is 16.3 Å². The van der Waals surface area contributed by atoms with Gasteiger partial charge in [0.15, 0.2) is 0 Å². The first-order valence-electron chi connectivity index (χ1n) is 10.5. The lowest BCUT2D eigenvalue weighted by Gasteiger charge is -2.16. The van der Waals surface area contributed by atoms with Crippen molar-refractivity contribution in [2.45, 2.75) is 47.0 Å². The van der Waals surface area contributed by atoms with Crippen LogP contribution in [0.25, 0.3) is 20.8 Å². The van der Waals surface area contributed by atoms with Crippen LogP contribution >= 0.6 is 22.7 Å². The SMILES string of the molecule is Cc1nc(-c2ccccc2)sc1C(=O)NNC(=O)c1sc2nc(C(C)(C)C)nc(C)c2c1C. The first-order chi connectivity index (χ1) is 15.6. The van der Waals surface area contributed by atoms with Crippen LogP contribution in [0.4, 0.5) is 0 Å². The van der Waals surface area contributed by atoms with E-state index in [2.05, 4.69) is 41.6 Å². The van der Waals surface area contributed by atoms with Crippen LogP contribution in [0.1, 0.15) is 62.9 Å². The molecule has 9 heteroatoms. The molecule has 2 amide bonds. The number of thiazole rings is 1. The maximum Gasteiger partial charge on any atom is 0.281 e. The molecule has 0 unspecified atom stereocenters. The van der Waals surface area contributed by atoms with Crippen LogP contribution in [-0.2, 0) is 5.41 Å². The van der Waals surface area contributed by atoms with Crippen LogP contribution in [0.15, 0.2) is 30.3 Å². The molecule has 0 aliphatic heterocycles. The van der Waals surface area contributed by atoms with Gasteiger partial charge in [0.25, 0.3) is 11.8 Å². The largest absolute Gasteiger partial charge is 0.281 e. The molecule has 0 bridgehead atoms. The normalized spacial score (nSPS) is 11.6. The van der Waals surface area contributed by atoms with Crippen LogP contribution in [0, 0.1) is 20.8 Å². The summed E-state index contributed by atoms with van der Waals surface area (Å²) >= 11 is 2.60. The van der Waals surface area contributed by atoms with E-state index in [1.807, 2.05) is 44.2 Å². The van der Waals surface area contributed by atoms with Crippen molar-refractivity contribution in [3.63, 3.8) is 0 Å². The second-order valence-corrected chi connectivity index (χ2v) is 10.8. The molecule has 33 heavy (non-hydrogen) atoms. The van der Waals surface area contributed by atoms with Crippen LogP contribution in [0.5, 0.6) is 0 Å². The van der Waals surface area contributed by atoms with Gasteiger partial charge in [0, 0.05) is 16.4 Å². The molecule has 3 aromatic heterocycles. The van der Waals surface area contributed by atoms with Crippen LogP contribution in [0.3, 0.4) is 0 Å². The van der Waals surface area contributed by atoms with Crippen molar-refractivity contribution in [1.29, 1.82) is 0 Å². The molecule has 1 aromatic carbocycles. The highest BCUT2D eigenvalue weighted by Gasteiger charge is 2.24. The van der Waals surface area contributed by atoms with Gasteiger partial charge in [0.1, 0.15) is 20.5 Å². The van der Waals surface area contributed by atoms with Gasteiger partial charge in [-0.1, -0.05) is 51.1 Å². The Bertz CT molecular complexity index is 1370. The molecule has 0 saturated heterocycles. The summed E-state index contributed by atoms with van der Waals surface area (Å²) in [6, 6.07) is 9.68. The van der Waals surface area contributed by atoms with Gasteiger partial charge in [-0.3, -0.25) is 20.4 Å². The molecule has 0 aliphatic carbocycles. The zero-order valence-corrected chi connectivity index (χ0v) is 21.0. The number of hydrogen-bond acceptors (Lipinski definition) is 7. The molecule has 2 N–H and O–H groups in total. The van der Waals surface area contributed by atoms with Gasteiger partial charge in [0.2, 0.25) is 0 Å². The van der Waals surface area contributed by atoms with Gasteiger partial charge in [-0.15, -0.1) is 22.7 Å². The number of nitrogens with zero attached hydrogens (tertiary/aromatic N) is 3. The average Bonchev–Trinajstić information content (AvgIpc) is 3.32. The number of aromatic nitrogens is 3. The fraction of sp³-hybridized carbons (Fsp3) is 0.292. The third kappa shape index (κ3) is 4.51. The number of hydrogen-bond donors (Lipinski definition) is 2. The Morgan fingerprint density at radius 2 is 1.45 bits per heavy atom. The molecule has 4 aromatic rings. The standard InChI is InChI=1S/C24H25N5O2S2/c1-12-16-13(2)26-23(24(4,5)6)27-22(16)32-17(12)19(30)28-29-20(31)18-14(3)25-21(33-18)15-10-8-7-9-11-15/h7-11H,1-6H3,(H,28,30)(H,29,31). The fourth-order valence-electron chi connectivity index (χ4n) is 3.43. The highest BCUT2D eigenvalue weighted by atomic mass is 32.1. The third-order valence-electron chi connectivity index (χ3n) is 5.16. The summed E-state index contributed by atoms with van der Waals surface area (Å²) in [4.78, 5) is 41.2. The Balaban J connectivity index is 1.53. The van der Waals surface area contributed by atoms with Crippen LogP contribution in [0.2, 0.25) is 0 Å². The van der Waals surface area contributed by atoms with Crippen LogP contribution < -0.4 is 10.9 Å².